The number of nitrogens with two attached hydrogens (primary N) is 1. The minimum atomic E-state index is -1.29. The summed E-state index contributed by atoms with van der Waals surface area (Å²) in [5.41, 5.74) is 5.92. The van der Waals surface area contributed by atoms with E-state index in [1.165, 1.54) is 6.92 Å². The van der Waals surface area contributed by atoms with Crippen molar-refractivity contribution in [3.05, 3.63) is 0 Å². The first-order valence-corrected chi connectivity index (χ1v) is 17.8. The van der Waals surface area contributed by atoms with Crippen LogP contribution in [0.5, 0.6) is 0 Å². The van der Waals surface area contributed by atoms with Gasteiger partial charge in [0, 0.05) is 26.7 Å². The molecule has 0 aromatic carbocycles. The lowest BCUT2D eigenvalue weighted by molar-refractivity contribution is -0.145. The van der Waals surface area contributed by atoms with Gasteiger partial charge in [0.1, 0.15) is 24.2 Å². The highest BCUT2D eigenvalue weighted by molar-refractivity contribution is 5.96. The van der Waals surface area contributed by atoms with Gasteiger partial charge in [-0.3, -0.25) is 28.9 Å². The number of aliphatic hydroxyl groups is 1. The maximum atomic E-state index is 14.4. The Morgan fingerprint density at radius 2 is 1.45 bits per heavy atom. The molecule has 13 heteroatoms. The third-order valence-corrected chi connectivity index (χ3v) is 9.36. The van der Waals surface area contributed by atoms with E-state index in [0.717, 1.165) is 44.9 Å². The minimum absolute atomic E-state index is 0.0861. The van der Waals surface area contributed by atoms with Gasteiger partial charge in [0.25, 0.3) is 0 Å². The van der Waals surface area contributed by atoms with E-state index < -0.39 is 59.9 Å². The summed E-state index contributed by atoms with van der Waals surface area (Å²) in [7, 11) is 1.66. The van der Waals surface area contributed by atoms with Crippen molar-refractivity contribution in [1.82, 2.24) is 31.1 Å². The van der Waals surface area contributed by atoms with Gasteiger partial charge in [0.2, 0.25) is 29.5 Å². The molecule has 7 N–H and O–H groups in total. The lowest BCUT2D eigenvalue weighted by atomic mass is 9.83. The number of carbonyl (C=O) groups excluding carboxylic acids is 5. The van der Waals surface area contributed by atoms with Crippen molar-refractivity contribution in [3.63, 3.8) is 0 Å². The topological polar surface area (TPSA) is 186 Å². The number of unbranched alkanes of at least 4 members (excludes halogenated alkanes) is 1. The summed E-state index contributed by atoms with van der Waals surface area (Å²) >= 11 is 0. The Kier molecular flexibility index (Phi) is 17.1. The number of amides is 5. The molecule has 2 rings (SSSR count). The quantitative estimate of drug-likeness (QED) is 0.199. The maximum absolute atomic E-state index is 14.4. The largest absolute Gasteiger partial charge is 0.391 e. The van der Waals surface area contributed by atoms with E-state index in [-0.39, 0.29) is 36.8 Å². The van der Waals surface area contributed by atoms with Crippen molar-refractivity contribution in [2.75, 3.05) is 33.2 Å². The van der Waals surface area contributed by atoms with E-state index >= 15 is 0 Å². The molecule has 0 aromatic rings. The Balaban J connectivity index is 2.63. The Morgan fingerprint density at radius 1 is 0.830 bits per heavy atom. The Hall–Kier alpha value is -2.77. The molecule has 1 aliphatic carbocycles. The zero-order valence-corrected chi connectivity index (χ0v) is 29.8. The third kappa shape index (κ3) is 12.3. The molecule has 13 nitrogen and oxygen atoms in total. The molecule has 1 heterocycles. The number of likely N-dealkylation sites (N-methyl/N-ethyl adjacent to an activating group) is 1. The van der Waals surface area contributed by atoms with Gasteiger partial charge in [-0.2, -0.15) is 0 Å². The zero-order valence-electron chi connectivity index (χ0n) is 29.8. The van der Waals surface area contributed by atoms with Crippen molar-refractivity contribution in [2.24, 2.45) is 23.5 Å². The summed E-state index contributed by atoms with van der Waals surface area (Å²) in [5.74, 6) is -2.31. The van der Waals surface area contributed by atoms with Gasteiger partial charge >= 0.3 is 0 Å². The van der Waals surface area contributed by atoms with E-state index in [0.29, 0.717) is 25.9 Å². The molecule has 0 unspecified atom stereocenters. The summed E-state index contributed by atoms with van der Waals surface area (Å²) in [5, 5.41) is 21.5. The maximum Gasteiger partial charge on any atom is 0.245 e. The van der Waals surface area contributed by atoms with E-state index in [1.54, 1.807) is 11.9 Å². The Labute approximate surface area is 281 Å². The molecule has 6 atom stereocenters. The Bertz CT molecular complexity index is 1030. The van der Waals surface area contributed by atoms with Crippen LogP contribution in [-0.2, 0) is 24.0 Å². The molecule has 5 amide bonds. The van der Waals surface area contributed by atoms with E-state index in [4.69, 9.17) is 5.73 Å². The van der Waals surface area contributed by atoms with Crippen LogP contribution in [0.25, 0.3) is 0 Å². The molecule has 0 radical (unpaired) electrons. The van der Waals surface area contributed by atoms with Crippen LogP contribution in [0.1, 0.15) is 99.3 Å². The number of hydrogen-bond donors (Lipinski definition) is 6. The fourth-order valence-corrected chi connectivity index (χ4v) is 6.61. The zero-order chi connectivity index (χ0) is 35.3. The first kappa shape index (κ1) is 40.4. The first-order chi connectivity index (χ1) is 22.2. The summed E-state index contributed by atoms with van der Waals surface area (Å²) < 4.78 is 0. The predicted octanol–water partition coefficient (Wildman–Crippen LogP) is 0.880. The van der Waals surface area contributed by atoms with Crippen LogP contribution in [0.4, 0.5) is 0 Å². The standard InChI is InChI=1S/C34H63N7O6/c1-8-9-16-41-17-15-36-32(45)28(23(6)42)38-30(43)25(20-35)37-33(46)29(24-13-11-10-12-14-24)39-31(44)26(18-21(2)3)40(7)34(47)27(41)19-22(4)5/h21-29,42H,8-20,35H2,1-7H3,(H,36,45)(H,37,46)(H,38,43)(H,39,44)/t23-,25-,26-,27-,28-,29-/m0/s1. The predicted molar refractivity (Wildman–Crippen MR) is 182 cm³/mol. The second-order valence-electron chi connectivity index (χ2n) is 14.3. The van der Waals surface area contributed by atoms with Crippen molar-refractivity contribution in [2.45, 2.75) is 136 Å². The average Bonchev–Trinajstić information content (AvgIpc) is 3.02. The molecular weight excluding hydrogens is 602 g/mol. The average molecular weight is 666 g/mol. The van der Waals surface area contributed by atoms with E-state index in [1.807, 2.05) is 13.8 Å². The summed E-state index contributed by atoms with van der Waals surface area (Å²) in [6.45, 7) is 12.4. The number of aliphatic hydroxyl groups excluding tert-OH is 1. The second kappa shape index (κ2) is 19.9. The molecule has 1 saturated heterocycles. The minimum Gasteiger partial charge on any atom is -0.391 e. The number of rotatable bonds is 10. The van der Waals surface area contributed by atoms with Gasteiger partial charge in [-0.25, -0.2) is 0 Å². The molecule has 1 saturated carbocycles. The second-order valence-corrected chi connectivity index (χ2v) is 14.3. The van der Waals surface area contributed by atoms with E-state index in [9.17, 15) is 29.1 Å². The van der Waals surface area contributed by atoms with Gasteiger partial charge < -0.3 is 37.0 Å². The fraction of sp³-hybridized carbons (Fsp3) is 0.853. The van der Waals surface area contributed by atoms with Gasteiger partial charge in [-0.15, -0.1) is 0 Å². The van der Waals surface area contributed by atoms with Crippen LogP contribution in [0.3, 0.4) is 0 Å². The van der Waals surface area contributed by atoms with Crippen LogP contribution in [-0.4, -0.2) is 114 Å². The summed E-state index contributed by atoms with van der Waals surface area (Å²) in [6, 6.07) is -4.79. The highest BCUT2D eigenvalue weighted by Gasteiger charge is 2.39. The molecule has 2 aliphatic rings. The van der Waals surface area contributed by atoms with Gasteiger partial charge in [0.05, 0.1) is 12.1 Å². The number of carbonyl (C=O) groups is 5. The number of nitrogens with one attached hydrogen (secondary N) is 4. The summed E-state index contributed by atoms with van der Waals surface area (Å²) in [4.78, 5) is 72.6. The van der Waals surface area contributed by atoms with Crippen molar-refractivity contribution in [3.8, 4) is 0 Å². The van der Waals surface area contributed by atoms with Crippen LogP contribution < -0.4 is 27.0 Å². The van der Waals surface area contributed by atoms with Crippen molar-refractivity contribution in [1.29, 1.82) is 0 Å². The molecular formula is C34H63N7O6. The third-order valence-electron chi connectivity index (χ3n) is 9.36. The molecule has 2 fully saturated rings. The van der Waals surface area contributed by atoms with E-state index in [2.05, 4.69) is 46.9 Å². The first-order valence-electron chi connectivity index (χ1n) is 17.8. The SMILES string of the molecule is CCCCN1CCNC(=O)[C@H]([C@H](C)O)NC(=O)[C@H](CN)NC(=O)[C@H](C2CCCCC2)NC(=O)[C@H](CC(C)C)N(C)C(=O)[C@@H]1CC(C)C. The van der Waals surface area contributed by atoms with Crippen LogP contribution in [0.15, 0.2) is 0 Å². The fourth-order valence-electron chi connectivity index (χ4n) is 6.61. The van der Waals surface area contributed by atoms with Crippen LogP contribution >= 0.6 is 0 Å². The van der Waals surface area contributed by atoms with Crippen LogP contribution in [0.2, 0.25) is 0 Å². The molecule has 270 valence electrons. The molecule has 0 spiro atoms. The lowest BCUT2D eigenvalue weighted by Gasteiger charge is -2.38. The van der Waals surface area contributed by atoms with Gasteiger partial charge in [-0.05, 0) is 63.3 Å². The highest BCUT2D eigenvalue weighted by atomic mass is 16.3. The van der Waals surface area contributed by atoms with Gasteiger partial charge in [-0.1, -0.05) is 60.3 Å². The van der Waals surface area contributed by atoms with Crippen LogP contribution in [0, 0.1) is 17.8 Å². The van der Waals surface area contributed by atoms with Gasteiger partial charge in [0.15, 0.2) is 0 Å². The van der Waals surface area contributed by atoms with Crippen molar-refractivity contribution >= 4 is 29.5 Å². The molecule has 1 aliphatic heterocycles. The molecule has 0 aromatic heterocycles. The Morgan fingerprint density at radius 3 is 2.00 bits per heavy atom. The highest BCUT2D eigenvalue weighted by Crippen LogP contribution is 2.27. The number of hydrogen-bond acceptors (Lipinski definition) is 8. The normalized spacial score (nSPS) is 27.9. The van der Waals surface area contributed by atoms with Crippen molar-refractivity contribution < 1.29 is 29.1 Å². The number of nitrogens with zero attached hydrogens (tertiary/aromatic N) is 2. The monoisotopic (exact) mass is 665 g/mol. The lowest BCUT2D eigenvalue weighted by Crippen LogP contribution is -2.63. The molecule has 0 bridgehead atoms. The summed E-state index contributed by atoms with van der Waals surface area (Å²) in [6.07, 6.45) is 5.79. The smallest absolute Gasteiger partial charge is 0.245 e. The molecule has 47 heavy (non-hydrogen) atoms.